The van der Waals surface area contributed by atoms with Crippen LogP contribution in [0.4, 0.5) is 0 Å². The molecule has 0 saturated carbocycles. The molecule has 0 radical (unpaired) electrons. The molecule has 4 heterocycles. The molecule has 20 atom stereocenters. The molecule has 4 aliphatic rings. The molecular formula is C81H86Cl3N7O22. The monoisotopic (exact) mass is 1610 g/mol. The normalized spacial score (nSPS) is 27.6. The number of rotatable bonds is 37. The lowest BCUT2D eigenvalue weighted by atomic mass is 9.93. The first-order chi connectivity index (χ1) is 55.0. The summed E-state index contributed by atoms with van der Waals surface area (Å²) in [5, 5.41) is 28.3. The molecule has 0 spiro atoms. The summed E-state index contributed by atoms with van der Waals surface area (Å²) in [7, 11) is 1.09. The van der Waals surface area contributed by atoms with Crippen molar-refractivity contribution in [3.05, 3.63) is 285 Å². The van der Waals surface area contributed by atoms with Crippen molar-refractivity contribution in [3.8, 4) is 0 Å². The summed E-state index contributed by atoms with van der Waals surface area (Å²) in [6.45, 7) is 2.13. The van der Waals surface area contributed by atoms with E-state index in [2.05, 4.69) is 26.6 Å². The minimum Gasteiger partial charge on any atom is -0.467 e. The van der Waals surface area contributed by atoms with E-state index in [0.29, 0.717) is 27.8 Å². The molecule has 0 aromatic heterocycles. The van der Waals surface area contributed by atoms with E-state index in [-0.39, 0.29) is 52.9 Å². The minimum absolute atomic E-state index is 0.0441. The zero-order valence-electron chi connectivity index (χ0n) is 61.4. The van der Waals surface area contributed by atoms with Crippen LogP contribution in [0.2, 0.25) is 0 Å². The Morgan fingerprint density at radius 1 is 0.451 bits per heavy atom. The summed E-state index contributed by atoms with van der Waals surface area (Å²) in [6.07, 6.45) is -27.8. The average molecular weight is 1620 g/mol. The summed E-state index contributed by atoms with van der Waals surface area (Å²) >= 11 is 18.3. The Balaban J connectivity index is 1.03. The van der Waals surface area contributed by atoms with Crippen molar-refractivity contribution in [2.24, 2.45) is 10.2 Å². The number of halogens is 3. The standard InChI is InChI=1S/C81H86Cl3N7O22/c1-4-40-97-75(95)70-66(101-44-53-30-16-7-17-31-53)67(102-45-54-32-18-8-19-33-54)72(104-47-56-36-22-10-23-37-56)78(111-70)109-63-59(49-98-50(2)93)107-76(60(88-90-86)65(63)100-43-52-28-14-6-15-29-52)110-69-68(103-46-55-34-20-9-21-35-55)73(105-48-57-38-24-11-25-39-57)79(112-71(69)74(94)96-3)108-62-58(41-92)106-77(113-80(85)81(82,83)84)61(89-91-87)64(62)99-42-51-26-12-5-13-27-51/h4-39,58-73,76-79,85,92H,1,40-49H2,2-3H3/t58-,59-,60-,61-,62-,63-,64-,65-,66+,67+,68+,69+,70+,71+,72-,73-,76-,77-,78-,79-/m1/s1. The Kier molecular flexibility index (Phi) is 32.3. The SMILES string of the molecule is C=CCOC(=O)[C@H]1O[C@@H](O[C@H]2[C@H](OCc3ccccc3)[C@@H](N=[N+]=[N-])[C@@H](O[C@H]3[C@H](OCc4ccccc4)[C@@H](OCc4ccccc4)[C@H](O[C@H]4[C@H](OCc5ccccc5)[C@@H](N=[N+]=[N-])[C@@H](OC(=N)C(Cl)(Cl)Cl)O[C@@H]4CO)O[C@@H]3C(=O)OC)O[C@@H]2COC(C)=O)[C@H](OCc2ccccc2)[C@@H](OCc2ccccc2)[C@@H]1OCc1ccccc1. The predicted molar refractivity (Wildman–Crippen MR) is 406 cm³/mol. The first-order valence-corrected chi connectivity index (χ1v) is 37.3. The Hall–Kier alpha value is -8.95. The van der Waals surface area contributed by atoms with Gasteiger partial charge in [-0.1, -0.05) is 270 Å². The maximum Gasteiger partial charge on any atom is 0.338 e. The van der Waals surface area contributed by atoms with Gasteiger partial charge >= 0.3 is 17.9 Å². The lowest BCUT2D eigenvalue weighted by molar-refractivity contribution is -0.381. The summed E-state index contributed by atoms with van der Waals surface area (Å²) in [6, 6.07) is 60.0. The molecule has 2 N–H and O–H groups in total. The van der Waals surface area contributed by atoms with Crippen LogP contribution < -0.4 is 0 Å². The van der Waals surface area contributed by atoms with E-state index in [9.17, 15) is 25.8 Å². The van der Waals surface area contributed by atoms with Gasteiger partial charge in [0.25, 0.3) is 3.79 Å². The minimum atomic E-state index is -2.45. The Bertz CT molecular complexity index is 4220. The molecule has 113 heavy (non-hydrogen) atoms. The second-order valence-corrected chi connectivity index (χ2v) is 28.6. The quantitative estimate of drug-likeness (QED) is 0.00420. The van der Waals surface area contributed by atoms with Crippen molar-refractivity contribution in [2.75, 3.05) is 26.9 Å². The molecule has 0 unspecified atom stereocenters. The van der Waals surface area contributed by atoms with E-state index in [1.807, 2.05) is 91.0 Å². The highest BCUT2D eigenvalue weighted by Gasteiger charge is 2.60. The number of methoxy groups -OCH3 is 1. The van der Waals surface area contributed by atoms with Crippen LogP contribution in [0.25, 0.3) is 20.9 Å². The van der Waals surface area contributed by atoms with Crippen LogP contribution in [0.1, 0.15) is 45.9 Å². The highest BCUT2D eigenvalue weighted by Crippen LogP contribution is 2.42. The summed E-state index contributed by atoms with van der Waals surface area (Å²) in [4.78, 5) is 49.7. The fourth-order valence-corrected chi connectivity index (χ4v) is 13.3. The van der Waals surface area contributed by atoms with Gasteiger partial charge in [0.05, 0.1) is 60.0 Å². The summed E-state index contributed by atoms with van der Waals surface area (Å²) in [5.74, 6) is -3.72. The number of nitrogens with one attached hydrogen (secondary N) is 1. The van der Waals surface area contributed by atoms with Gasteiger partial charge in [-0.05, 0) is 50.0 Å². The first kappa shape index (κ1) is 84.9. The number of azide groups is 2. The highest BCUT2D eigenvalue weighted by molar-refractivity contribution is 6.76. The molecule has 11 rings (SSSR count). The molecule has 0 bridgehead atoms. The molecule has 4 aliphatic heterocycles. The molecule has 0 amide bonds. The molecule has 0 aliphatic carbocycles. The van der Waals surface area contributed by atoms with Crippen LogP contribution in [0.3, 0.4) is 0 Å². The van der Waals surface area contributed by atoms with Crippen LogP contribution in [0.15, 0.2) is 235 Å². The van der Waals surface area contributed by atoms with Crippen molar-refractivity contribution in [1.82, 2.24) is 0 Å². The van der Waals surface area contributed by atoms with Gasteiger partial charge in [-0.15, -0.1) is 0 Å². The van der Waals surface area contributed by atoms with Crippen molar-refractivity contribution in [1.29, 1.82) is 5.41 Å². The van der Waals surface area contributed by atoms with Gasteiger partial charge in [-0.25, -0.2) is 9.59 Å². The van der Waals surface area contributed by atoms with E-state index < -0.39 is 164 Å². The van der Waals surface area contributed by atoms with Gasteiger partial charge in [0, 0.05) is 16.7 Å². The summed E-state index contributed by atoms with van der Waals surface area (Å²) < 4.78 is 118. The maximum atomic E-state index is 15.1. The number of alkyl halides is 3. The third-order valence-corrected chi connectivity index (χ3v) is 19.1. The third kappa shape index (κ3) is 23.6. The van der Waals surface area contributed by atoms with Crippen LogP contribution >= 0.6 is 34.8 Å². The topological polar surface area (TPSA) is 359 Å². The van der Waals surface area contributed by atoms with Crippen molar-refractivity contribution < 1.29 is 105 Å². The van der Waals surface area contributed by atoms with Gasteiger partial charge < -0.3 is 90.4 Å². The number of ether oxygens (including phenoxy) is 18. The number of hydrogen-bond acceptors (Lipinski definition) is 25. The molecule has 598 valence electrons. The van der Waals surface area contributed by atoms with Gasteiger partial charge in [0.2, 0.25) is 12.2 Å². The van der Waals surface area contributed by atoms with Crippen LogP contribution in [-0.4, -0.2) is 182 Å². The maximum absolute atomic E-state index is 15.1. The second kappa shape index (κ2) is 43.0. The van der Waals surface area contributed by atoms with E-state index in [1.165, 1.54) is 13.0 Å². The predicted octanol–water partition coefficient (Wildman–Crippen LogP) is 12.3. The third-order valence-electron chi connectivity index (χ3n) is 18.6. The largest absolute Gasteiger partial charge is 0.467 e. The van der Waals surface area contributed by atoms with E-state index in [0.717, 1.165) is 18.2 Å². The smallest absolute Gasteiger partial charge is 0.338 e. The Labute approximate surface area is 666 Å². The zero-order valence-corrected chi connectivity index (χ0v) is 63.7. The van der Waals surface area contributed by atoms with Gasteiger partial charge in [0.15, 0.2) is 31.1 Å². The number of aliphatic hydroxyl groups excluding tert-OH is 1. The van der Waals surface area contributed by atoms with Crippen LogP contribution in [0, 0.1) is 5.41 Å². The number of esters is 3. The number of carbonyl (C=O) groups excluding carboxylic acids is 3. The summed E-state index contributed by atoms with van der Waals surface area (Å²) in [5.41, 5.74) is 25.9. The highest BCUT2D eigenvalue weighted by atomic mass is 35.6. The van der Waals surface area contributed by atoms with E-state index in [1.54, 1.807) is 121 Å². The number of nitrogens with zero attached hydrogens (tertiary/aromatic N) is 6. The van der Waals surface area contributed by atoms with Gasteiger partial charge in [0.1, 0.15) is 98.5 Å². The van der Waals surface area contributed by atoms with Crippen molar-refractivity contribution in [2.45, 2.75) is 180 Å². The van der Waals surface area contributed by atoms with E-state index >= 15 is 4.79 Å². The molecule has 7 aromatic rings. The van der Waals surface area contributed by atoms with Crippen LogP contribution in [-0.2, 0) is 146 Å². The lowest BCUT2D eigenvalue weighted by Crippen LogP contribution is -2.69. The number of hydrogen-bond donors (Lipinski definition) is 2. The number of benzene rings is 7. The fraction of sp³-hybridized carbons (Fsp3) is 0.407. The Morgan fingerprint density at radius 3 is 1.13 bits per heavy atom. The molecule has 4 fully saturated rings. The Morgan fingerprint density at radius 2 is 0.779 bits per heavy atom. The number of aliphatic hydroxyl groups is 1. The molecular weight excluding hydrogens is 1530 g/mol. The first-order valence-electron chi connectivity index (χ1n) is 36.2. The molecule has 29 nitrogen and oxygen atoms in total. The molecule has 7 aromatic carbocycles. The van der Waals surface area contributed by atoms with Gasteiger partial charge in [-0.3, -0.25) is 10.2 Å². The zero-order chi connectivity index (χ0) is 79.5. The molecule has 32 heteroatoms. The van der Waals surface area contributed by atoms with Crippen LogP contribution in [0.5, 0.6) is 0 Å². The average Bonchev–Trinajstić information content (AvgIpc) is 0.755. The number of carbonyl (C=O) groups is 3. The van der Waals surface area contributed by atoms with Gasteiger partial charge in [-0.2, -0.15) is 0 Å². The second-order valence-electron chi connectivity index (χ2n) is 26.3. The van der Waals surface area contributed by atoms with Crippen molar-refractivity contribution in [3.63, 3.8) is 0 Å². The molecule has 4 saturated heterocycles. The van der Waals surface area contributed by atoms with Crippen molar-refractivity contribution >= 4 is 58.6 Å². The lowest BCUT2D eigenvalue weighted by Gasteiger charge is -2.51. The van der Waals surface area contributed by atoms with E-state index in [4.69, 9.17) is 125 Å². The fourth-order valence-electron chi connectivity index (χ4n) is 13.2.